The fourth-order valence-electron chi connectivity index (χ4n) is 6.02. The highest BCUT2D eigenvalue weighted by Gasteiger charge is 2.44. The van der Waals surface area contributed by atoms with Crippen molar-refractivity contribution in [3.8, 4) is 0 Å². The van der Waals surface area contributed by atoms with Crippen LogP contribution in [0.4, 0.5) is 0 Å². The Morgan fingerprint density at radius 2 is 1.21 bits per heavy atom. The van der Waals surface area contributed by atoms with Gasteiger partial charge in [-0.1, -0.05) is 122 Å². The van der Waals surface area contributed by atoms with E-state index in [9.17, 15) is 40.5 Å². The third-order valence-electron chi connectivity index (χ3n) is 9.32. The summed E-state index contributed by atoms with van der Waals surface area (Å²) in [5.41, 5.74) is 0. The van der Waals surface area contributed by atoms with E-state index in [4.69, 9.17) is 9.47 Å². The predicted octanol–water partition coefficient (Wildman–Crippen LogP) is 4.16. The lowest BCUT2D eigenvalue weighted by atomic mass is 9.98. The quantitative estimate of drug-likeness (QED) is 0.0402. The molecule has 11 heteroatoms. The maximum Gasteiger partial charge on any atom is 0.249 e. The normalized spacial score (nSPS) is 24.1. The second-order valence-electron chi connectivity index (χ2n) is 13.6. The highest BCUT2D eigenvalue weighted by molar-refractivity contribution is 5.80. The number of aliphatic hydroxyl groups is 7. The first-order chi connectivity index (χ1) is 23.2. The average Bonchev–Trinajstić information content (AvgIpc) is 3.08. The molecule has 0 spiro atoms. The molecule has 8 N–H and O–H groups in total. The van der Waals surface area contributed by atoms with E-state index in [2.05, 4.69) is 31.3 Å². The van der Waals surface area contributed by atoms with Crippen LogP contribution in [0, 0.1) is 0 Å². The van der Waals surface area contributed by atoms with Gasteiger partial charge in [0.15, 0.2) is 6.29 Å². The number of amides is 1. The van der Waals surface area contributed by atoms with Crippen LogP contribution in [-0.4, -0.2) is 110 Å². The number of rotatable bonds is 30. The lowest BCUT2D eigenvalue weighted by Crippen LogP contribution is -2.60. The number of nitrogens with one attached hydrogen (secondary N) is 1. The number of hydrogen-bond acceptors (Lipinski definition) is 10. The molecule has 0 aromatic heterocycles. The van der Waals surface area contributed by atoms with Crippen LogP contribution in [0.15, 0.2) is 12.2 Å². The smallest absolute Gasteiger partial charge is 0.249 e. The number of hydrogen-bond donors (Lipinski definition) is 8. The van der Waals surface area contributed by atoms with E-state index in [0.717, 1.165) is 38.5 Å². The van der Waals surface area contributed by atoms with Gasteiger partial charge in [-0.15, -0.1) is 0 Å². The van der Waals surface area contributed by atoms with E-state index in [1.54, 1.807) is 0 Å². The molecule has 48 heavy (non-hydrogen) atoms. The van der Waals surface area contributed by atoms with E-state index in [1.807, 2.05) is 0 Å². The summed E-state index contributed by atoms with van der Waals surface area (Å²) >= 11 is 0. The zero-order valence-electron chi connectivity index (χ0n) is 30.0. The molecule has 0 radical (unpaired) electrons. The molecule has 0 aromatic rings. The fraction of sp³-hybridized carbons (Fsp3) is 0.919. The first-order valence-electron chi connectivity index (χ1n) is 19.1. The SMILES string of the molecule is CCCCCCCC/C=C\CCCCC(O)C(=O)NC(COC1OC(CO)C(O)C(O)C1O)C(O)C(O)CCCCCCCCCCC. The number of allylic oxidation sites excluding steroid dienone is 2. The predicted molar refractivity (Wildman–Crippen MR) is 187 cm³/mol. The van der Waals surface area contributed by atoms with Crippen molar-refractivity contribution in [1.82, 2.24) is 5.32 Å². The van der Waals surface area contributed by atoms with Crippen LogP contribution in [-0.2, 0) is 14.3 Å². The Morgan fingerprint density at radius 3 is 1.77 bits per heavy atom. The van der Waals surface area contributed by atoms with Crippen molar-refractivity contribution in [2.75, 3.05) is 13.2 Å². The summed E-state index contributed by atoms with van der Waals surface area (Å²) < 4.78 is 11.0. The second-order valence-corrected chi connectivity index (χ2v) is 13.6. The van der Waals surface area contributed by atoms with E-state index in [1.165, 1.54) is 70.6 Å². The van der Waals surface area contributed by atoms with Gasteiger partial charge in [-0.2, -0.15) is 0 Å². The van der Waals surface area contributed by atoms with Gasteiger partial charge in [0.2, 0.25) is 5.91 Å². The van der Waals surface area contributed by atoms with Gasteiger partial charge in [0.05, 0.1) is 25.4 Å². The molecule has 0 saturated carbocycles. The van der Waals surface area contributed by atoms with Crippen LogP contribution >= 0.6 is 0 Å². The first-order valence-corrected chi connectivity index (χ1v) is 19.1. The minimum atomic E-state index is -1.66. The van der Waals surface area contributed by atoms with Crippen LogP contribution < -0.4 is 5.32 Å². The van der Waals surface area contributed by atoms with Crippen LogP contribution in [0.5, 0.6) is 0 Å². The lowest BCUT2D eigenvalue weighted by Gasteiger charge is -2.40. The molecule has 1 aliphatic heterocycles. The zero-order chi connectivity index (χ0) is 35.6. The fourth-order valence-corrected chi connectivity index (χ4v) is 6.02. The van der Waals surface area contributed by atoms with Crippen molar-refractivity contribution in [2.45, 2.75) is 204 Å². The number of ether oxygens (including phenoxy) is 2. The summed E-state index contributed by atoms with van der Waals surface area (Å²) in [7, 11) is 0. The highest BCUT2D eigenvalue weighted by atomic mass is 16.7. The Hall–Kier alpha value is -1.15. The van der Waals surface area contributed by atoms with Crippen LogP contribution in [0.25, 0.3) is 0 Å². The molecule has 11 nitrogen and oxygen atoms in total. The van der Waals surface area contributed by atoms with Gasteiger partial charge in [0.25, 0.3) is 0 Å². The Labute approximate surface area is 290 Å². The van der Waals surface area contributed by atoms with Crippen LogP contribution in [0.1, 0.15) is 149 Å². The van der Waals surface area contributed by atoms with E-state index < -0.39 is 74.2 Å². The Morgan fingerprint density at radius 1 is 0.708 bits per heavy atom. The zero-order valence-corrected chi connectivity index (χ0v) is 30.0. The van der Waals surface area contributed by atoms with Crippen molar-refractivity contribution in [3.63, 3.8) is 0 Å². The molecule has 284 valence electrons. The van der Waals surface area contributed by atoms with Crippen molar-refractivity contribution in [1.29, 1.82) is 0 Å². The summed E-state index contributed by atoms with van der Waals surface area (Å²) in [6.07, 6.45) is 14.3. The van der Waals surface area contributed by atoms with E-state index in [-0.39, 0.29) is 6.42 Å². The van der Waals surface area contributed by atoms with Gasteiger partial charge in [0.1, 0.15) is 36.6 Å². The molecule has 9 atom stereocenters. The summed E-state index contributed by atoms with van der Waals surface area (Å²) in [6, 6.07) is -1.17. The molecule has 1 fully saturated rings. The number of unbranched alkanes of at least 4 members (excludes halogenated alkanes) is 16. The molecule has 0 aromatic carbocycles. The van der Waals surface area contributed by atoms with Crippen molar-refractivity contribution >= 4 is 5.91 Å². The summed E-state index contributed by atoms with van der Waals surface area (Å²) in [4.78, 5) is 12.9. The Kier molecular flexibility index (Phi) is 26.7. The van der Waals surface area contributed by atoms with Crippen LogP contribution in [0.2, 0.25) is 0 Å². The number of carbonyl (C=O) groups is 1. The highest BCUT2D eigenvalue weighted by Crippen LogP contribution is 2.23. The molecule has 9 unspecified atom stereocenters. The topological polar surface area (TPSA) is 189 Å². The van der Waals surface area contributed by atoms with Crippen molar-refractivity contribution in [2.24, 2.45) is 0 Å². The lowest BCUT2D eigenvalue weighted by molar-refractivity contribution is -0.303. The molecule has 1 heterocycles. The average molecular weight is 690 g/mol. The first kappa shape index (κ1) is 44.9. The molecular formula is C37H71NO10. The monoisotopic (exact) mass is 690 g/mol. The number of aliphatic hydroxyl groups excluding tert-OH is 7. The summed E-state index contributed by atoms with van der Waals surface area (Å²) in [6.45, 7) is 3.35. The number of carbonyl (C=O) groups excluding carboxylic acids is 1. The minimum Gasteiger partial charge on any atom is -0.394 e. The summed E-state index contributed by atoms with van der Waals surface area (Å²) in [5, 5.41) is 75.0. The maximum absolute atomic E-state index is 12.9. The third-order valence-corrected chi connectivity index (χ3v) is 9.32. The van der Waals surface area contributed by atoms with Gasteiger partial charge in [-0.05, 0) is 38.5 Å². The van der Waals surface area contributed by atoms with E-state index >= 15 is 0 Å². The Bertz CT molecular complexity index is 800. The largest absolute Gasteiger partial charge is 0.394 e. The van der Waals surface area contributed by atoms with Gasteiger partial charge >= 0.3 is 0 Å². The Balaban J connectivity index is 2.60. The van der Waals surface area contributed by atoms with Crippen LogP contribution in [0.3, 0.4) is 0 Å². The molecule has 0 aliphatic carbocycles. The molecule has 1 rings (SSSR count). The molecular weight excluding hydrogens is 618 g/mol. The van der Waals surface area contributed by atoms with Crippen molar-refractivity contribution in [3.05, 3.63) is 12.2 Å². The van der Waals surface area contributed by atoms with Gasteiger partial charge in [-0.25, -0.2) is 0 Å². The molecule has 1 aliphatic rings. The van der Waals surface area contributed by atoms with Crippen molar-refractivity contribution < 1.29 is 50.0 Å². The van der Waals surface area contributed by atoms with Gasteiger partial charge < -0.3 is 50.5 Å². The van der Waals surface area contributed by atoms with Gasteiger partial charge in [-0.3, -0.25) is 4.79 Å². The molecule has 1 saturated heterocycles. The third kappa shape index (κ3) is 19.3. The van der Waals surface area contributed by atoms with Gasteiger partial charge in [0, 0.05) is 0 Å². The summed E-state index contributed by atoms with van der Waals surface area (Å²) in [5.74, 6) is -0.717. The maximum atomic E-state index is 12.9. The minimum absolute atomic E-state index is 0.231. The standard InChI is InChI=1S/C37H71NO10/c1-3-5-7-9-11-13-14-15-17-19-21-23-25-30(41)36(46)38-28(27-47-37-35(45)34(44)33(43)31(26-39)48-37)32(42)29(40)24-22-20-18-16-12-10-8-6-4-2/h15,17,28-35,37,39-45H,3-14,16,18-27H2,1-2H3,(H,38,46)/b17-15-. The van der Waals surface area contributed by atoms with E-state index in [0.29, 0.717) is 19.3 Å². The molecule has 0 bridgehead atoms. The molecule has 1 amide bonds. The second kappa shape index (κ2) is 28.5.